The molecule has 2 fully saturated rings. The van der Waals surface area contributed by atoms with Gasteiger partial charge in [0.15, 0.2) is 0 Å². The highest BCUT2D eigenvalue weighted by molar-refractivity contribution is 5.75. The van der Waals surface area contributed by atoms with Crippen LogP contribution >= 0.6 is 0 Å². The lowest BCUT2D eigenvalue weighted by molar-refractivity contribution is 0.195. The zero-order valence-electron chi connectivity index (χ0n) is 13.4. The van der Waals surface area contributed by atoms with Crippen molar-refractivity contribution in [3.05, 3.63) is 35.4 Å². The van der Waals surface area contributed by atoms with E-state index in [1.165, 1.54) is 25.0 Å². The van der Waals surface area contributed by atoms with Crippen molar-refractivity contribution in [2.45, 2.75) is 38.3 Å². The summed E-state index contributed by atoms with van der Waals surface area (Å²) in [5, 5.41) is 2.82. The Kier molecular flexibility index (Phi) is 4.80. The van der Waals surface area contributed by atoms with Crippen molar-refractivity contribution in [1.82, 2.24) is 15.1 Å². The molecule has 1 aromatic rings. The van der Waals surface area contributed by atoms with Crippen molar-refractivity contribution < 1.29 is 13.6 Å². The smallest absolute Gasteiger partial charge is 0.317 e. The third kappa shape index (κ3) is 3.63. The molecule has 2 saturated heterocycles. The van der Waals surface area contributed by atoms with E-state index in [1.54, 1.807) is 11.8 Å². The molecule has 2 aliphatic heterocycles. The summed E-state index contributed by atoms with van der Waals surface area (Å²) in [6.07, 6.45) is 3.47. The molecule has 23 heavy (non-hydrogen) atoms. The molecule has 0 spiro atoms. The number of carbonyl (C=O) groups excluding carboxylic acids is 1. The van der Waals surface area contributed by atoms with E-state index in [0.717, 1.165) is 38.7 Å². The molecule has 0 saturated carbocycles. The normalized spacial score (nSPS) is 23.3. The maximum absolute atomic E-state index is 13.8. The maximum atomic E-state index is 13.8. The summed E-state index contributed by atoms with van der Waals surface area (Å²) in [4.78, 5) is 16.6. The number of halogens is 2. The van der Waals surface area contributed by atoms with Crippen LogP contribution in [0.25, 0.3) is 0 Å². The molecule has 6 heteroatoms. The first-order chi connectivity index (χ1) is 11.0. The molecule has 0 unspecified atom stereocenters. The topological polar surface area (TPSA) is 35.6 Å². The van der Waals surface area contributed by atoms with E-state index in [1.807, 2.05) is 0 Å². The minimum absolute atomic E-state index is 0.178. The van der Waals surface area contributed by atoms with Crippen LogP contribution in [0.3, 0.4) is 0 Å². The lowest BCUT2D eigenvalue weighted by atomic mass is 10.1. The van der Waals surface area contributed by atoms with Crippen molar-refractivity contribution >= 4 is 6.03 Å². The van der Waals surface area contributed by atoms with Gasteiger partial charge in [0.2, 0.25) is 0 Å². The Bertz CT molecular complexity index is 575. The summed E-state index contributed by atoms with van der Waals surface area (Å²) in [6.45, 7) is 5.41. The number of likely N-dealkylation sites (tertiary alicyclic amines) is 2. The lowest BCUT2D eigenvalue weighted by Gasteiger charge is -2.25. The molecule has 3 rings (SSSR count). The van der Waals surface area contributed by atoms with Crippen molar-refractivity contribution in [3.8, 4) is 0 Å². The zero-order chi connectivity index (χ0) is 16.4. The molecular weight excluding hydrogens is 300 g/mol. The first-order valence-electron chi connectivity index (χ1n) is 8.29. The zero-order valence-corrected chi connectivity index (χ0v) is 13.4. The summed E-state index contributed by atoms with van der Waals surface area (Å²) in [5.41, 5.74) is 0.301. The van der Waals surface area contributed by atoms with Gasteiger partial charge in [-0.05, 0) is 45.3 Å². The first-order valence-corrected chi connectivity index (χ1v) is 8.29. The van der Waals surface area contributed by atoms with Gasteiger partial charge in [-0.1, -0.05) is 6.07 Å². The quantitative estimate of drug-likeness (QED) is 0.928. The average molecular weight is 323 g/mol. The van der Waals surface area contributed by atoms with E-state index in [-0.39, 0.29) is 6.03 Å². The van der Waals surface area contributed by atoms with Crippen LogP contribution in [0.2, 0.25) is 0 Å². The molecule has 0 aliphatic carbocycles. The van der Waals surface area contributed by atoms with Crippen LogP contribution in [0.1, 0.15) is 37.8 Å². The highest BCUT2D eigenvalue weighted by Gasteiger charge is 2.32. The number of rotatable bonds is 3. The number of urea groups is 1. The van der Waals surface area contributed by atoms with Crippen LogP contribution in [0.15, 0.2) is 18.2 Å². The monoisotopic (exact) mass is 323 g/mol. The molecule has 2 amide bonds. The van der Waals surface area contributed by atoms with Crippen LogP contribution in [-0.4, -0.2) is 48.1 Å². The van der Waals surface area contributed by atoms with Gasteiger partial charge in [-0.2, -0.15) is 0 Å². The fraction of sp³-hybridized carbons (Fsp3) is 0.588. The van der Waals surface area contributed by atoms with E-state index in [4.69, 9.17) is 0 Å². The number of nitrogens with zero attached hydrogens (tertiary/aromatic N) is 2. The standard InChI is InChI=1S/C17H23F2N3O/c1-12(15-5-4-13(18)10-16(15)19)20-17(23)22-9-6-14(11-22)21-7-2-3-8-21/h4-5,10,12,14H,2-3,6-9,11H2,1H3,(H,20,23)/t12-,14+/m0/s1. The van der Waals surface area contributed by atoms with Crippen molar-refractivity contribution in [1.29, 1.82) is 0 Å². The number of nitrogens with one attached hydrogen (secondary N) is 1. The van der Waals surface area contributed by atoms with Gasteiger partial charge in [-0.3, -0.25) is 4.90 Å². The van der Waals surface area contributed by atoms with Gasteiger partial charge in [-0.25, -0.2) is 13.6 Å². The second-order valence-electron chi connectivity index (χ2n) is 6.47. The fourth-order valence-electron chi connectivity index (χ4n) is 3.54. The van der Waals surface area contributed by atoms with E-state index >= 15 is 0 Å². The Labute approximate surface area is 135 Å². The first kappa shape index (κ1) is 16.2. The molecule has 0 radical (unpaired) electrons. The predicted molar refractivity (Wildman–Crippen MR) is 84.1 cm³/mol. The summed E-state index contributed by atoms with van der Waals surface area (Å²) < 4.78 is 26.8. The van der Waals surface area contributed by atoms with E-state index < -0.39 is 17.7 Å². The Morgan fingerprint density at radius 2 is 2.00 bits per heavy atom. The number of hydrogen-bond acceptors (Lipinski definition) is 2. The van der Waals surface area contributed by atoms with Crippen LogP contribution in [0.5, 0.6) is 0 Å². The number of benzene rings is 1. The fourth-order valence-corrected chi connectivity index (χ4v) is 3.54. The Hall–Kier alpha value is -1.69. The summed E-state index contributed by atoms with van der Waals surface area (Å²) >= 11 is 0. The summed E-state index contributed by atoms with van der Waals surface area (Å²) in [6, 6.07) is 3.21. The van der Waals surface area contributed by atoms with Crippen LogP contribution in [0, 0.1) is 11.6 Å². The van der Waals surface area contributed by atoms with Crippen molar-refractivity contribution in [3.63, 3.8) is 0 Å². The minimum Gasteiger partial charge on any atom is -0.331 e. The third-order valence-corrected chi connectivity index (χ3v) is 4.88. The third-order valence-electron chi connectivity index (χ3n) is 4.88. The van der Waals surface area contributed by atoms with Gasteiger partial charge in [0.1, 0.15) is 11.6 Å². The number of hydrogen-bond donors (Lipinski definition) is 1. The second kappa shape index (κ2) is 6.83. The molecule has 1 N–H and O–H groups in total. The highest BCUT2D eigenvalue weighted by Crippen LogP contribution is 2.22. The molecule has 2 aliphatic rings. The van der Waals surface area contributed by atoms with Gasteiger partial charge in [0, 0.05) is 30.8 Å². The van der Waals surface area contributed by atoms with E-state index in [9.17, 15) is 13.6 Å². The van der Waals surface area contributed by atoms with E-state index in [2.05, 4.69) is 10.2 Å². The second-order valence-corrected chi connectivity index (χ2v) is 6.47. The largest absolute Gasteiger partial charge is 0.331 e. The molecule has 2 atom stereocenters. The summed E-state index contributed by atoms with van der Waals surface area (Å²) in [7, 11) is 0. The van der Waals surface area contributed by atoms with Gasteiger partial charge >= 0.3 is 6.03 Å². The van der Waals surface area contributed by atoms with E-state index in [0.29, 0.717) is 11.6 Å². The van der Waals surface area contributed by atoms with Gasteiger partial charge in [0.25, 0.3) is 0 Å². The number of carbonyl (C=O) groups is 1. The van der Waals surface area contributed by atoms with Gasteiger partial charge < -0.3 is 10.2 Å². The molecule has 2 heterocycles. The lowest BCUT2D eigenvalue weighted by Crippen LogP contribution is -2.42. The van der Waals surface area contributed by atoms with Crippen molar-refractivity contribution in [2.24, 2.45) is 0 Å². The Morgan fingerprint density at radius 1 is 1.26 bits per heavy atom. The Morgan fingerprint density at radius 3 is 2.70 bits per heavy atom. The molecule has 4 nitrogen and oxygen atoms in total. The maximum Gasteiger partial charge on any atom is 0.317 e. The SMILES string of the molecule is C[C@H](NC(=O)N1CC[C@@H](N2CCCC2)C1)c1ccc(F)cc1F. The summed E-state index contributed by atoms with van der Waals surface area (Å²) in [5.74, 6) is -1.24. The van der Waals surface area contributed by atoms with Gasteiger partial charge in [-0.15, -0.1) is 0 Å². The molecule has 1 aromatic carbocycles. The molecule has 126 valence electrons. The molecule has 0 aromatic heterocycles. The highest BCUT2D eigenvalue weighted by atomic mass is 19.1. The van der Waals surface area contributed by atoms with Crippen LogP contribution in [-0.2, 0) is 0 Å². The number of amides is 2. The molecular formula is C17H23F2N3O. The van der Waals surface area contributed by atoms with Crippen LogP contribution < -0.4 is 5.32 Å². The Balaban J connectivity index is 1.56. The predicted octanol–water partition coefficient (Wildman–Crippen LogP) is 2.91. The minimum atomic E-state index is -0.630. The average Bonchev–Trinajstić information content (AvgIpc) is 3.18. The van der Waals surface area contributed by atoms with Crippen LogP contribution in [0.4, 0.5) is 13.6 Å². The molecule has 0 bridgehead atoms. The van der Waals surface area contributed by atoms with Crippen molar-refractivity contribution in [2.75, 3.05) is 26.2 Å². The van der Waals surface area contributed by atoms with Gasteiger partial charge in [0.05, 0.1) is 6.04 Å².